The van der Waals surface area contributed by atoms with Gasteiger partial charge in [-0.1, -0.05) is 6.42 Å². The van der Waals surface area contributed by atoms with Crippen LogP contribution in [0.15, 0.2) is 43.0 Å². The Bertz CT molecular complexity index is 1140. The van der Waals surface area contributed by atoms with Crippen molar-refractivity contribution < 1.29 is 26.7 Å². The molecule has 1 amide bonds. The van der Waals surface area contributed by atoms with Crippen LogP contribution >= 0.6 is 0 Å². The van der Waals surface area contributed by atoms with Gasteiger partial charge in [0.25, 0.3) is 17.8 Å². The third-order valence-electron chi connectivity index (χ3n) is 5.58. The van der Waals surface area contributed by atoms with Gasteiger partial charge in [-0.2, -0.15) is 23.0 Å². The lowest BCUT2D eigenvalue weighted by atomic mass is 9.77. The molecule has 1 aliphatic rings. The van der Waals surface area contributed by atoms with E-state index in [1.165, 1.54) is 30.3 Å². The third kappa shape index (κ3) is 4.55. The molecular formula is C21H19F5N6O. The molecule has 0 saturated heterocycles. The predicted molar refractivity (Wildman–Crippen MR) is 106 cm³/mol. The molecule has 2 heterocycles. The Balaban J connectivity index is 1.63. The maximum absolute atomic E-state index is 14.8. The van der Waals surface area contributed by atoms with Crippen molar-refractivity contribution in [2.75, 3.05) is 0 Å². The third-order valence-corrected chi connectivity index (χ3v) is 5.58. The number of amides is 1. The fraction of sp³-hybridized carbons (Fsp3) is 0.381. The van der Waals surface area contributed by atoms with Gasteiger partial charge in [-0.15, -0.1) is 0 Å². The van der Waals surface area contributed by atoms with Crippen LogP contribution in [0.5, 0.6) is 0 Å². The van der Waals surface area contributed by atoms with Gasteiger partial charge in [0.1, 0.15) is 6.33 Å². The van der Waals surface area contributed by atoms with Crippen molar-refractivity contribution in [3.05, 3.63) is 65.5 Å². The number of carbonyl (C=O) groups is 1. The molecule has 33 heavy (non-hydrogen) atoms. The molecule has 1 fully saturated rings. The normalized spacial score (nSPS) is 15.7. The summed E-state index contributed by atoms with van der Waals surface area (Å²) in [7, 11) is 0. The highest BCUT2D eigenvalue weighted by molar-refractivity contribution is 5.94. The zero-order chi connectivity index (χ0) is 23.8. The minimum Gasteiger partial charge on any atom is -0.342 e. The van der Waals surface area contributed by atoms with Crippen LogP contribution in [0.2, 0.25) is 0 Å². The van der Waals surface area contributed by atoms with Gasteiger partial charge in [-0.05, 0) is 44.0 Å². The molecule has 1 aromatic carbocycles. The summed E-state index contributed by atoms with van der Waals surface area (Å²) in [6.45, 7) is 1.53. The molecule has 0 bridgehead atoms. The first-order valence-electron chi connectivity index (χ1n) is 10.2. The van der Waals surface area contributed by atoms with Crippen LogP contribution in [0.4, 0.5) is 22.0 Å². The van der Waals surface area contributed by atoms with E-state index in [0.717, 1.165) is 6.07 Å². The highest BCUT2D eigenvalue weighted by atomic mass is 19.4. The Hall–Kier alpha value is -3.44. The Labute approximate surface area is 185 Å². The summed E-state index contributed by atoms with van der Waals surface area (Å²) in [5, 5.41) is 6.49. The lowest BCUT2D eigenvalue weighted by Crippen LogP contribution is -2.33. The highest BCUT2D eigenvalue weighted by Crippen LogP contribution is 2.47. The van der Waals surface area contributed by atoms with Crippen molar-refractivity contribution in [1.82, 2.24) is 30.0 Å². The van der Waals surface area contributed by atoms with Gasteiger partial charge in [-0.25, -0.2) is 23.7 Å². The van der Waals surface area contributed by atoms with Crippen molar-refractivity contribution in [3.8, 4) is 5.95 Å². The molecule has 174 valence electrons. The Morgan fingerprint density at radius 2 is 1.73 bits per heavy atom. The molecule has 7 nitrogen and oxygen atoms in total. The minimum absolute atomic E-state index is 0.174. The Morgan fingerprint density at radius 3 is 2.33 bits per heavy atom. The molecule has 0 spiro atoms. The average Bonchev–Trinajstić information content (AvgIpc) is 3.22. The largest absolute Gasteiger partial charge is 0.416 e. The summed E-state index contributed by atoms with van der Waals surface area (Å²) >= 11 is 0. The summed E-state index contributed by atoms with van der Waals surface area (Å²) in [5.74, 6) is -5.08. The molecule has 1 aliphatic carbocycles. The minimum atomic E-state index is -4.89. The van der Waals surface area contributed by atoms with E-state index in [1.54, 1.807) is 6.07 Å². The van der Waals surface area contributed by atoms with Crippen LogP contribution in [0, 0.1) is 5.92 Å². The first-order valence-corrected chi connectivity index (χ1v) is 10.2. The van der Waals surface area contributed by atoms with E-state index >= 15 is 0 Å². The number of hydrogen-bond donors (Lipinski definition) is 1. The molecule has 0 radical (unpaired) electrons. The van der Waals surface area contributed by atoms with E-state index < -0.39 is 46.7 Å². The Kier molecular flexibility index (Phi) is 5.85. The van der Waals surface area contributed by atoms with Gasteiger partial charge in [-0.3, -0.25) is 4.79 Å². The molecule has 12 heteroatoms. The van der Waals surface area contributed by atoms with Crippen molar-refractivity contribution in [2.24, 2.45) is 5.92 Å². The zero-order valence-electron chi connectivity index (χ0n) is 17.4. The lowest BCUT2D eigenvalue weighted by Gasteiger charge is -2.34. The fourth-order valence-corrected chi connectivity index (χ4v) is 3.57. The van der Waals surface area contributed by atoms with E-state index in [2.05, 4.69) is 25.4 Å². The van der Waals surface area contributed by atoms with Gasteiger partial charge in [0.05, 0.1) is 11.6 Å². The molecule has 4 rings (SSSR count). The van der Waals surface area contributed by atoms with Gasteiger partial charge >= 0.3 is 6.18 Å². The number of halogens is 5. The van der Waals surface area contributed by atoms with Crippen LogP contribution < -0.4 is 5.32 Å². The van der Waals surface area contributed by atoms with Crippen molar-refractivity contribution in [2.45, 2.75) is 44.3 Å². The topological polar surface area (TPSA) is 85.6 Å². The summed E-state index contributed by atoms with van der Waals surface area (Å²) in [4.78, 5) is 24.9. The molecule has 1 atom stereocenters. The molecule has 0 aliphatic heterocycles. The van der Waals surface area contributed by atoms with Gasteiger partial charge < -0.3 is 5.32 Å². The van der Waals surface area contributed by atoms with E-state index in [9.17, 15) is 26.7 Å². The van der Waals surface area contributed by atoms with Crippen molar-refractivity contribution in [3.63, 3.8) is 0 Å². The summed E-state index contributed by atoms with van der Waals surface area (Å²) in [5.41, 5.74) is -2.65. The summed E-state index contributed by atoms with van der Waals surface area (Å²) < 4.78 is 71.1. The van der Waals surface area contributed by atoms with E-state index in [1.807, 2.05) is 0 Å². The second kappa shape index (κ2) is 8.49. The number of nitrogens with zero attached hydrogens (tertiary/aromatic N) is 5. The maximum atomic E-state index is 14.8. The van der Waals surface area contributed by atoms with Crippen molar-refractivity contribution in [1.29, 1.82) is 0 Å². The molecule has 2 aromatic heterocycles. The molecule has 1 saturated carbocycles. The molecular weight excluding hydrogens is 447 g/mol. The number of hydrogen-bond acceptors (Lipinski definition) is 5. The number of nitrogens with one attached hydrogen (secondary N) is 1. The number of alkyl halides is 5. The van der Waals surface area contributed by atoms with Crippen LogP contribution in [-0.4, -0.2) is 30.6 Å². The quantitative estimate of drug-likeness (QED) is 0.543. The average molecular weight is 466 g/mol. The number of rotatable bonds is 6. The molecule has 1 unspecified atom stereocenters. The first-order chi connectivity index (χ1) is 15.6. The molecule has 3 aromatic rings. The van der Waals surface area contributed by atoms with Crippen molar-refractivity contribution >= 4 is 5.91 Å². The second-order valence-corrected chi connectivity index (χ2v) is 7.82. The fourth-order valence-electron chi connectivity index (χ4n) is 3.57. The predicted octanol–water partition coefficient (Wildman–Crippen LogP) is 4.46. The summed E-state index contributed by atoms with van der Waals surface area (Å²) in [6, 6.07) is 2.56. The molecule has 1 N–H and O–H groups in total. The van der Waals surface area contributed by atoms with Crippen LogP contribution in [-0.2, 0) is 12.1 Å². The van der Waals surface area contributed by atoms with Crippen LogP contribution in [0.1, 0.15) is 59.5 Å². The maximum Gasteiger partial charge on any atom is 0.416 e. The van der Waals surface area contributed by atoms with Gasteiger partial charge in [0.15, 0.2) is 5.82 Å². The van der Waals surface area contributed by atoms with Gasteiger partial charge in [0, 0.05) is 29.4 Å². The SMILES string of the molecule is CC(NC(=O)c1cc(C(F)(F)F)cc(C(F)(F)C2CCC2)c1)c1ncnn1-c1ncccn1. The van der Waals surface area contributed by atoms with Crippen LogP contribution in [0.3, 0.4) is 0 Å². The van der Waals surface area contributed by atoms with E-state index in [4.69, 9.17) is 0 Å². The number of carbonyl (C=O) groups excluding carboxylic acids is 1. The van der Waals surface area contributed by atoms with E-state index in [-0.39, 0.29) is 24.6 Å². The summed E-state index contributed by atoms with van der Waals surface area (Å²) in [6.07, 6.45) is 0.300. The van der Waals surface area contributed by atoms with E-state index in [0.29, 0.717) is 18.6 Å². The smallest absolute Gasteiger partial charge is 0.342 e. The standard InChI is InChI=1S/C21H19F5N6O/c1-12(17-29-11-30-32(17)19-27-6-3-7-28-19)31-18(33)13-8-15(10-16(9-13)21(24,25)26)20(22,23)14-4-2-5-14/h3,6-12,14H,2,4-5H2,1H3,(H,31,33). The zero-order valence-corrected chi connectivity index (χ0v) is 17.4. The van der Waals surface area contributed by atoms with Crippen LogP contribution in [0.25, 0.3) is 5.95 Å². The highest BCUT2D eigenvalue weighted by Gasteiger charge is 2.46. The number of aromatic nitrogens is 5. The number of benzene rings is 1. The Morgan fingerprint density at radius 1 is 1.06 bits per heavy atom. The monoisotopic (exact) mass is 466 g/mol. The first kappa shape index (κ1) is 22.7. The lowest BCUT2D eigenvalue weighted by molar-refractivity contribution is -0.138. The van der Waals surface area contributed by atoms with Gasteiger partial charge in [0.2, 0.25) is 0 Å². The second-order valence-electron chi connectivity index (χ2n) is 7.82.